The second-order valence-electron chi connectivity index (χ2n) is 2.66. The van der Waals surface area contributed by atoms with E-state index in [1.807, 2.05) is 6.92 Å². The number of carbonyl (C=O) groups is 1. The van der Waals surface area contributed by atoms with Crippen LogP contribution >= 0.6 is 0 Å². The molecule has 1 unspecified atom stereocenters. The van der Waals surface area contributed by atoms with E-state index in [0.717, 1.165) is 6.42 Å². The fourth-order valence-corrected chi connectivity index (χ4v) is 1.02. The number of hydrogen-bond donors (Lipinski definition) is 1. The highest BCUT2D eigenvalue weighted by atomic mass is 16.5. The van der Waals surface area contributed by atoms with Crippen LogP contribution in [-0.2, 0) is 9.53 Å². The summed E-state index contributed by atoms with van der Waals surface area (Å²) in [7, 11) is 1.34. The largest absolute Gasteiger partial charge is 0.469 e. The van der Waals surface area contributed by atoms with Crippen LogP contribution in [-0.4, -0.2) is 24.3 Å². The second kappa shape index (κ2) is 5.13. The minimum atomic E-state index is -0.609. The molecular formula is C8H16O3. The lowest BCUT2D eigenvalue weighted by molar-refractivity contribution is -0.149. The van der Waals surface area contributed by atoms with Crippen molar-refractivity contribution < 1.29 is 14.6 Å². The number of ether oxygens (including phenoxy) is 1. The van der Waals surface area contributed by atoms with E-state index >= 15 is 0 Å². The molecule has 0 aliphatic rings. The molecule has 0 fully saturated rings. The predicted molar refractivity (Wildman–Crippen MR) is 42.1 cm³/mol. The topological polar surface area (TPSA) is 46.5 Å². The molecule has 0 amide bonds. The summed E-state index contributed by atoms with van der Waals surface area (Å²) >= 11 is 0. The molecule has 0 radical (unpaired) electrons. The lowest BCUT2D eigenvalue weighted by Gasteiger charge is -2.15. The molecule has 0 aromatic rings. The number of aliphatic hydroxyl groups excluding tert-OH is 1. The highest BCUT2D eigenvalue weighted by Crippen LogP contribution is 2.12. The van der Waals surface area contributed by atoms with Crippen LogP contribution in [0.5, 0.6) is 0 Å². The van der Waals surface area contributed by atoms with Crippen molar-refractivity contribution in [1.82, 2.24) is 0 Å². The van der Waals surface area contributed by atoms with Gasteiger partial charge in [-0.2, -0.15) is 0 Å². The Balaban J connectivity index is 3.98. The van der Waals surface area contributed by atoms with Gasteiger partial charge < -0.3 is 9.84 Å². The molecule has 0 aromatic carbocycles. The molecule has 0 bridgehead atoms. The van der Waals surface area contributed by atoms with Gasteiger partial charge >= 0.3 is 5.97 Å². The Kier molecular flexibility index (Phi) is 4.86. The van der Waals surface area contributed by atoms with E-state index in [0.29, 0.717) is 6.42 Å². The molecule has 0 saturated carbocycles. The van der Waals surface area contributed by atoms with Crippen molar-refractivity contribution in [2.75, 3.05) is 7.11 Å². The average Bonchev–Trinajstić information content (AvgIpc) is 1.98. The molecule has 11 heavy (non-hydrogen) atoms. The van der Waals surface area contributed by atoms with Gasteiger partial charge in [0.1, 0.15) is 0 Å². The monoisotopic (exact) mass is 160 g/mol. The average molecular weight is 160 g/mol. The summed E-state index contributed by atoms with van der Waals surface area (Å²) in [6.45, 7) is 3.58. The first-order valence-corrected chi connectivity index (χ1v) is 3.89. The number of hydrogen-bond acceptors (Lipinski definition) is 3. The van der Waals surface area contributed by atoms with Crippen LogP contribution in [0.4, 0.5) is 0 Å². The van der Waals surface area contributed by atoms with Gasteiger partial charge in [0, 0.05) is 0 Å². The first kappa shape index (κ1) is 10.4. The Hall–Kier alpha value is -0.570. The molecule has 0 aliphatic heterocycles. The third-order valence-electron chi connectivity index (χ3n) is 1.69. The van der Waals surface area contributed by atoms with E-state index < -0.39 is 6.10 Å². The van der Waals surface area contributed by atoms with Crippen molar-refractivity contribution >= 4 is 5.97 Å². The molecule has 1 N–H and O–H groups in total. The summed E-state index contributed by atoms with van der Waals surface area (Å²) in [5.74, 6) is -0.674. The molecule has 2 atom stereocenters. The summed E-state index contributed by atoms with van der Waals surface area (Å²) in [6.07, 6.45) is 0.956. The smallest absolute Gasteiger partial charge is 0.311 e. The quantitative estimate of drug-likeness (QED) is 0.623. The van der Waals surface area contributed by atoms with Gasteiger partial charge in [-0.1, -0.05) is 13.3 Å². The van der Waals surface area contributed by atoms with Crippen LogP contribution in [0.1, 0.15) is 26.7 Å². The maximum absolute atomic E-state index is 11.0. The van der Waals surface area contributed by atoms with Crippen molar-refractivity contribution in [3.63, 3.8) is 0 Å². The third-order valence-corrected chi connectivity index (χ3v) is 1.69. The highest BCUT2D eigenvalue weighted by molar-refractivity contribution is 5.72. The molecule has 0 spiro atoms. The summed E-state index contributed by atoms with van der Waals surface area (Å²) in [5, 5.41) is 9.14. The number of aliphatic hydroxyl groups is 1. The number of carbonyl (C=O) groups excluding carboxylic acids is 1. The summed E-state index contributed by atoms with van der Waals surface area (Å²) in [6, 6.07) is 0. The van der Waals surface area contributed by atoms with Crippen LogP contribution in [0, 0.1) is 5.92 Å². The number of methoxy groups -OCH3 is 1. The molecule has 0 saturated heterocycles. The van der Waals surface area contributed by atoms with E-state index in [2.05, 4.69) is 4.74 Å². The lowest BCUT2D eigenvalue weighted by atomic mass is 9.99. The first-order valence-electron chi connectivity index (χ1n) is 3.89. The molecule has 3 heteroatoms. The second-order valence-corrected chi connectivity index (χ2v) is 2.66. The lowest BCUT2D eigenvalue weighted by Crippen LogP contribution is -2.26. The fraction of sp³-hybridized carbons (Fsp3) is 0.875. The van der Waals surface area contributed by atoms with E-state index in [9.17, 15) is 4.79 Å². The van der Waals surface area contributed by atoms with Crippen LogP contribution < -0.4 is 0 Å². The third kappa shape index (κ3) is 3.37. The highest BCUT2D eigenvalue weighted by Gasteiger charge is 2.22. The number of rotatable bonds is 4. The Morgan fingerprint density at radius 2 is 2.18 bits per heavy atom. The molecule has 0 rings (SSSR count). The van der Waals surface area contributed by atoms with E-state index in [1.54, 1.807) is 6.92 Å². The zero-order valence-corrected chi connectivity index (χ0v) is 7.33. The molecule has 0 aliphatic carbocycles. The minimum Gasteiger partial charge on any atom is -0.469 e. The van der Waals surface area contributed by atoms with Crippen LogP contribution in [0.3, 0.4) is 0 Å². The SMILES string of the molecule is CCCC(C(=O)OC)[C@@H](C)O. The van der Waals surface area contributed by atoms with Gasteiger partial charge in [0.25, 0.3) is 0 Å². The van der Waals surface area contributed by atoms with Crippen molar-refractivity contribution in [2.24, 2.45) is 5.92 Å². The summed E-state index contributed by atoms with van der Waals surface area (Å²) < 4.78 is 4.53. The van der Waals surface area contributed by atoms with Gasteiger partial charge in [-0.05, 0) is 13.3 Å². The molecular weight excluding hydrogens is 144 g/mol. The van der Waals surface area contributed by atoms with Crippen molar-refractivity contribution in [3.05, 3.63) is 0 Å². The van der Waals surface area contributed by atoms with Gasteiger partial charge in [-0.25, -0.2) is 0 Å². The maximum atomic E-state index is 11.0. The Morgan fingerprint density at radius 1 is 1.64 bits per heavy atom. The Morgan fingerprint density at radius 3 is 2.45 bits per heavy atom. The van der Waals surface area contributed by atoms with E-state index in [4.69, 9.17) is 5.11 Å². The van der Waals surface area contributed by atoms with Crippen molar-refractivity contribution in [1.29, 1.82) is 0 Å². The van der Waals surface area contributed by atoms with E-state index in [-0.39, 0.29) is 11.9 Å². The summed E-state index contributed by atoms with van der Waals surface area (Å²) in [5.41, 5.74) is 0. The van der Waals surface area contributed by atoms with Crippen molar-refractivity contribution in [2.45, 2.75) is 32.8 Å². The van der Waals surface area contributed by atoms with Crippen molar-refractivity contribution in [3.8, 4) is 0 Å². The first-order chi connectivity index (χ1) is 5.13. The molecule has 66 valence electrons. The van der Waals surface area contributed by atoms with Crippen LogP contribution in [0.2, 0.25) is 0 Å². The summed E-state index contributed by atoms with van der Waals surface area (Å²) in [4.78, 5) is 11.0. The Labute approximate surface area is 67.4 Å². The van der Waals surface area contributed by atoms with Crippen LogP contribution in [0.15, 0.2) is 0 Å². The fourth-order valence-electron chi connectivity index (χ4n) is 1.02. The van der Waals surface area contributed by atoms with Gasteiger partial charge in [0.2, 0.25) is 0 Å². The zero-order chi connectivity index (χ0) is 8.85. The minimum absolute atomic E-state index is 0.318. The van der Waals surface area contributed by atoms with Crippen LogP contribution in [0.25, 0.3) is 0 Å². The molecule has 0 heterocycles. The molecule has 3 nitrogen and oxygen atoms in total. The van der Waals surface area contributed by atoms with Gasteiger partial charge in [-0.15, -0.1) is 0 Å². The molecule has 0 aromatic heterocycles. The predicted octanol–water partition coefficient (Wildman–Crippen LogP) is 0.956. The number of esters is 1. The normalized spacial score (nSPS) is 15.6. The van der Waals surface area contributed by atoms with E-state index in [1.165, 1.54) is 7.11 Å². The Bertz CT molecular complexity index is 121. The van der Waals surface area contributed by atoms with Gasteiger partial charge in [-0.3, -0.25) is 4.79 Å². The van der Waals surface area contributed by atoms with Gasteiger partial charge in [0.05, 0.1) is 19.1 Å². The maximum Gasteiger partial charge on any atom is 0.311 e. The zero-order valence-electron chi connectivity index (χ0n) is 7.33. The standard InChI is InChI=1S/C8H16O3/c1-4-5-7(6(2)9)8(10)11-3/h6-7,9H,4-5H2,1-3H3/t6-,7?/m1/s1. The van der Waals surface area contributed by atoms with Gasteiger partial charge in [0.15, 0.2) is 0 Å².